The number of nitrogens with one attached hydrogen (secondary N) is 1. The zero-order chi connectivity index (χ0) is 11.8. The molecule has 1 aromatic heterocycles. The van der Waals surface area contributed by atoms with E-state index in [4.69, 9.17) is 9.15 Å². The number of hydrogen-bond donors (Lipinski definition) is 1. The Labute approximate surface area is 107 Å². The van der Waals surface area contributed by atoms with Crippen LogP contribution in [-0.4, -0.2) is 31.3 Å². The van der Waals surface area contributed by atoms with Crippen molar-refractivity contribution in [3.63, 3.8) is 0 Å². The van der Waals surface area contributed by atoms with E-state index >= 15 is 0 Å². The van der Waals surface area contributed by atoms with Gasteiger partial charge in [0.2, 0.25) is 5.89 Å². The fraction of sp³-hybridized carbons (Fsp3) is 0.417. The van der Waals surface area contributed by atoms with Gasteiger partial charge in [-0.15, -0.1) is 0 Å². The van der Waals surface area contributed by atoms with Crippen molar-refractivity contribution in [2.45, 2.75) is 12.0 Å². The summed E-state index contributed by atoms with van der Waals surface area (Å²) in [5.74, 6) is 0.959. The molecule has 4 nitrogen and oxygen atoms in total. The largest absolute Gasteiger partial charge is 0.440 e. The Balaban J connectivity index is 2.00. The molecule has 0 radical (unpaired) electrons. The zero-order valence-corrected chi connectivity index (χ0v) is 11.0. The normalized spacial score (nSPS) is 24.6. The van der Waals surface area contributed by atoms with Crippen LogP contribution in [0.5, 0.6) is 0 Å². The maximum absolute atomic E-state index is 5.79. The minimum atomic E-state index is 0.200. The molecule has 0 aliphatic carbocycles. The Kier molecular flexibility index (Phi) is 2.90. The monoisotopic (exact) mass is 296 g/mol. The summed E-state index contributed by atoms with van der Waals surface area (Å²) in [4.78, 5) is 4.54. The highest BCUT2D eigenvalue weighted by Crippen LogP contribution is 2.29. The van der Waals surface area contributed by atoms with Crippen LogP contribution >= 0.6 is 15.9 Å². The molecule has 1 aliphatic heterocycles. The van der Waals surface area contributed by atoms with E-state index in [2.05, 4.69) is 26.2 Å². The first-order valence-electron chi connectivity index (χ1n) is 5.59. The van der Waals surface area contributed by atoms with E-state index in [0.29, 0.717) is 13.2 Å². The molecule has 0 spiro atoms. The van der Waals surface area contributed by atoms with Gasteiger partial charge in [0.25, 0.3) is 0 Å². The Morgan fingerprint density at radius 1 is 1.41 bits per heavy atom. The summed E-state index contributed by atoms with van der Waals surface area (Å²) in [6.07, 6.45) is 0. The maximum Gasteiger partial charge on any atom is 0.202 e. The zero-order valence-electron chi connectivity index (χ0n) is 9.44. The van der Waals surface area contributed by atoms with Crippen LogP contribution in [0.1, 0.15) is 11.8 Å². The molecule has 1 N–H and O–H groups in total. The molecule has 2 unspecified atom stereocenters. The molecule has 0 saturated carbocycles. The van der Waals surface area contributed by atoms with Gasteiger partial charge in [0.1, 0.15) is 5.52 Å². The fourth-order valence-corrected chi connectivity index (χ4v) is 2.51. The molecule has 0 bridgehead atoms. The van der Waals surface area contributed by atoms with Gasteiger partial charge >= 0.3 is 0 Å². The number of nitrogens with zero attached hydrogens (tertiary/aromatic N) is 1. The Hall–Kier alpha value is -0.910. The lowest BCUT2D eigenvalue weighted by Crippen LogP contribution is -2.31. The van der Waals surface area contributed by atoms with Crippen LogP contribution in [0.15, 0.2) is 27.1 Å². The van der Waals surface area contributed by atoms with Crippen molar-refractivity contribution in [1.82, 2.24) is 10.3 Å². The van der Waals surface area contributed by atoms with E-state index < -0.39 is 0 Å². The number of oxazole rings is 1. The van der Waals surface area contributed by atoms with Crippen molar-refractivity contribution in [3.05, 3.63) is 28.6 Å². The molecule has 2 heterocycles. The topological polar surface area (TPSA) is 47.3 Å². The molecule has 1 aliphatic rings. The number of aromatic nitrogens is 1. The van der Waals surface area contributed by atoms with Crippen molar-refractivity contribution < 1.29 is 9.15 Å². The molecule has 1 fully saturated rings. The minimum absolute atomic E-state index is 0.200. The van der Waals surface area contributed by atoms with Gasteiger partial charge in [-0.05, 0) is 25.2 Å². The number of likely N-dealkylation sites (N-methyl/N-ethyl adjacent to an activating group) is 1. The molecule has 5 heteroatoms. The Bertz CT molecular complexity index is 540. The van der Waals surface area contributed by atoms with Crippen LogP contribution < -0.4 is 5.32 Å². The number of ether oxygens (including phenoxy) is 1. The summed E-state index contributed by atoms with van der Waals surface area (Å²) in [6, 6.07) is 6.14. The first-order chi connectivity index (χ1) is 8.28. The molecular weight excluding hydrogens is 284 g/mol. The van der Waals surface area contributed by atoms with E-state index in [1.807, 2.05) is 25.2 Å². The summed E-state index contributed by atoms with van der Waals surface area (Å²) in [6.45, 7) is 1.38. The van der Waals surface area contributed by atoms with Crippen LogP contribution in [0.2, 0.25) is 0 Å². The molecule has 1 saturated heterocycles. The molecule has 17 heavy (non-hydrogen) atoms. The van der Waals surface area contributed by atoms with E-state index in [-0.39, 0.29) is 12.0 Å². The van der Waals surface area contributed by atoms with Gasteiger partial charge in [-0.3, -0.25) is 0 Å². The third-order valence-corrected chi connectivity index (χ3v) is 3.63. The third-order valence-electron chi connectivity index (χ3n) is 3.13. The molecule has 3 rings (SSSR count). The quantitative estimate of drug-likeness (QED) is 0.924. The van der Waals surface area contributed by atoms with Gasteiger partial charge in [0.15, 0.2) is 5.58 Å². The van der Waals surface area contributed by atoms with Gasteiger partial charge in [-0.2, -0.15) is 0 Å². The van der Waals surface area contributed by atoms with Gasteiger partial charge in [-0.25, -0.2) is 4.98 Å². The predicted octanol–water partition coefficient (Wildman–Crippen LogP) is 2.29. The van der Waals surface area contributed by atoms with Gasteiger partial charge in [0.05, 0.1) is 19.1 Å². The van der Waals surface area contributed by atoms with Crippen LogP contribution in [0.4, 0.5) is 0 Å². The average Bonchev–Trinajstić information content (AvgIpc) is 2.93. The lowest BCUT2D eigenvalue weighted by molar-refractivity contribution is 0.186. The Morgan fingerprint density at radius 2 is 2.29 bits per heavy atom. The summed E-state index contributed by atoms with van der Waals surface area (Å²) in [5, 5.41) is 3.23. The average molecular weight is 297 g/mol. The Morgan fingerprint density at radius 3 is 3.12 bits per heavy atom. The number of hydrogen-bond acceptors (Lipinski definition) is 4. The molecule has 1 aromatic carbocycles. The number of rotatable bonds is 2. The van der Waals surface area contributed by atoms with Crippen molar-refractivity contribution in [2.24, 2.45) is 0 Å². The maximum atomic E-state index is 5.79. The lowest BCUT2D eigenvalue weighted by Gasteiger charge is -2.12. The van der Waals surface area contributed by atoms with Crippen molar-refractivity contribution in [1.29, 1.82) is 0 Å². The van der Waals surface area contributed by atoms with Crippen LogP contribution in [-0.2, 0) is 4.74 Å². The first kappa shape index (κ1) is 11.2. The molecule has 2 atom stereocenters. The summed E-state index contributed by atoms with van der Waals surface area (Å²) in [7, 11) is 1.94. The molecule has 90 valence electrons. The third kappa shape index (κ3) is 1.99. The van der Waals surface area contributed by atoms with E-state index in [1.165, 1.54) is 0 Å². The van der Waals surface area contributed by atoms with Gasteiger partial charge in [-0.1, -0.05) is 15.9 Å². The second kappa shape index (κ2) is 4.40. The van der Waals surface area contributed by atoms with Crippen molar-refractivity contribution >= 4 is 27.0 Å². The van der Waals surface area contributed by atoms with E-state index in [1.54, 1.807) is 0 Å². The molecule has 0 amide bonds. The highest BCUT2D eigenvalue weighted by Gasteiger charge is 2.32. The summed E-state index contributed by atoms with van der Waals surface area (Å²) in [5.41, 5.74) is 1.71. The molecule has 2 aromatic rings. The lowest BCUT2D eigenvalue weighted by atomic mass is 10.0. The smallest absolute Gasteiger partial charge is 0.202 e. The van der Waals surface area contributed by atoms with Crippen molar-refractivity contribution in [3.8, 4) is 0 Å². The highest BCUT2D eigenvalue weighted by molar-refractivity contribution is 9.10. The fourth-order valence-electron chi connectivity index (χ4n) is 2.16. The van der Waals surface area contributed by atoms with Gasteiger partial charge in [0, 0.05) is 10.5 Å². The second-order valence-corrected chi connectivity index (χ2v) is 5.12. The van der Waals surface area contributed by atoms with Crippen LogP contribution in [0.3, 0.4) is 0 Å². The first-order valence-corrected chi connectivity index (χ1v) is 6.38. The number of fused-ring (bicyclic) bond motifs is 1. The highest BCUT2D eigenvalue weighted by atomic mass is 79.9. The minimum Gasteiger partial charge on any atom is -0.440 e. The second-order valence-electron chi connectivity index (χ2n) is 4.20. The van der Waals surface area contributed by atoms with E-state index in [0.717, 1.165) is 21.5 Å². The van der Waals surface area contributed by atoms with Gasteiger partial charge < -0.3 is 14.5 Å². The summed E-state index contributed by atoms with van der Waals surface area (Å²) >= 11 is 3.43. The number of halogens is 1. The van der Waals surface area contributed by atoms with E-state index in [9.17, 15) is 0 Å². The standard InChI is InChI=1S/C12H13BrN2O2/c1-14-10-6-16-5-8(10)12-15-9-4-7(13)2-3-11(9)17-12/h2-4,8,10,14H,5-6H2,1H3. The van der Waals surface area contributed by atoms with Crippen molar-refractivity contribution in [2.75, 3.05) is 20.3 Å². The van der Waals surface area contributed by atoms with Crippen LogP contribution in [0, 0.1) is 0 Å². The number of benzene rings is 1. The van der Waals surface area contributed by atoms with Crippen LogP contribution in [0.25, 0.3) is 11.1 Å². The molecular formula is C12H13BrN2O2. The SMILES string of the molecule is CNC1COCC1c1nc2cc(Br)ccc2o1. The summed E-state index contributed by atoms with van der Waals surface area (Å²) < 4.78 is 12.3. The predicted molar refractivity (Wildman–Crippen MR) is 68.1 cm³/mol.